The van der Waals surface area contributed by atoms with Crippen LogP contribution in [0, 0.1) is 0 Å². The smallest absolute Gasteiger partial charge is 0.345 e. The number of fused-ring (bicyclic) bond motifs is 2. The molecule has 1 unspecified atom stereocenters. The standard InChI is InChI=1S/C18H20O7.C8H15NO.CH3Br/c1-22-13-7-5-11(9-15(13)24-3)18(21,17(19)20)12-6-8-14(23-2)16(10-12)25-4;1-9-6-2-3-7(9)5-8(10)4-6;1-2/h5-10,21H,1-4H3,(H,19,20);6-8,10H,2-5H2,1H3;1H3/t;6-,7+,8?;. The number of alkyl halides is 1. The second kappa shape index (κ2) is 13.9. The predicted octanol–water partition coefficient (Wildman–Crippen LogP) is 3.66. The van der Waals surface area contributed by atoms with Crippen molar-refractivity contribution in [2.75, 3.05) is 41.3 Å². The first kappa shape index (κ1) is 30.7. The number of aliphatic hydroxyl groups excluding tert-OH is 1. The van der Waals surface area contributed by atoms with E-state index in [0.29, 0.717) is 35.1 Å². The number of methoxy groups -OCH3 is 4. The molecule has 2 aromatic carbocycles. The van der Waals surface area contributed by atoms with Gasteiger partial charge in [-0.25, -0.2) is 4.79 Å². The minimum absolute atomic E-state index is 0.00583. The zero-order chi connectivity index (χ0) is 27.8. The average molecular weight is 585 g/mol. The van der Waals surface area contributed by atoms with Gasteiger partial charge in [-0.05, 0) is 62.8 Å². The van der Waals surface area contributed by atoms with Gasteiger partial charge in [-0.2, -0.15) is 0 Å². The van der Waals surface area contributed by atoms with E-state index in [-0.39, 0.29) is 17.2 Å². The van der Waals surface area contributed by atoms with Crippen LogP contribution in [-0.4, -0.2) is 85.7 Å². The first-order valence-corrected chi connectivity index (χ1v) is 13.5. The van der Waals surface area contributed by atoms with Crippen molar-refractivity contribution in [3.63, 3.8) is 0 Å². The SMILES string of the molecule is CBr.CN1[C@@H]2CC[C@H]1CC(O)C2.COc1ccc(C(O)(C(=O)O)c2ccc(OC)c(OC)c2)cc1OC. The van der Waals surface area contributed by atoms with Gasteiger partial charge in [0.1, 0.15) is 0 Å². The molecule has 2 aliphatic heterocycles. The Morgan fingerprint density at radius 1 is 0.838 bits per heavy atom. The van der Waals surface area contributed by atoms with Crippen molar-refractivity contribution in [2.24, 2.45) is 0 Å². The van der Waals surface area contributed by atoms with Crippen LogP contribution in [0.4, 0.5) is 0 Å². The molecule has 3 atom stereocenters. The lowest BCUT2D eigenvalue weighted by Gasteiger charge is -2.33. The number of benzene rings is 2. The molecule has 206 valence electrons. The molecule has 37 heavy (non-hydrogen) atoms. The molecule has 2 fully saturated rings. The summed E-state index contributed by atoms with van der Waals surface area (Å²) in [5.74, 6) is 1.83. The van der Waals surface area contributed by atoms with Gasteiger partial charge in [0.25, 0.3) is 0 Å². The van der Waals surface area contributed by atoms with E-state index in [1.807, 2.05) is 5.83 Å². The van der Waals surface area contributed by atoms with Crippen LogP contribution >= 0.6 is 15.9 Å². The predicted molar refractivity (Wildman–Crippen MR) is 144 cm³/mol. The van der Waals surface area contributed by atoms with E-state index in [1.54, 1.807) is 0 Å². The summed E-state index contributed by atoms with van der Waals surface area (Å²) in [4.78, 5) is 14.4. The van der Waals surface area contributed by atoms with E-state index in [4.69, 9.17) is 18.9 Å². The summed E-state index contributed by atoms with van der Waals surface area (Å²) < 4.78 is 20.7. The number of hydrogen-bond acceptors (Lipinski definition) is 8. The zero-order valence-electron chi connectivity index (χ0n) is 22.2. The van der Waals surface area contributed by atoms with Crippen molar-refractivity contribution >= 4 is 21.9 Å². The Labute approximate surface area is 227 Å². The van der Waals surface area contributed by atoms with Gasteiger partial charge >= 0.3 is 5.97 Å². The molecule has 0 aromatic heterocycles. The average Bonchev–Trinajstić information content (AvgIpc) is 3.13. The highest BCUT2D eigenvalue weighted by molar-refractivity contribution is 9.08. The maximum Gasteiger partial charge on any atom is 0.345 e. The number of carbonyl (C=O) groups is 1. The van der Waals surface area contributed by atoms with E-state index in [1.165, 1.54) is 77.7 Å². The van der Waals surface area contributed by atoms with Crippen LogP contribution in [0.2, 0.25) is 0 Å². The van der Waals surface area contributed by atoms with Gasteiger partial charge in [0.2, 0.25) is 5.60 Å². The molecule has 2 bridgehead atoms. The van der Waals surface area contributed by atoms with Crippen molar-refractivity contribution in [1.29, 1.82) is 0 Å². The fourth-order valence-corrected chi connectivity index (χ4v) is 4.92. The summed E-state index contributed by atoms with van der Waals surface area (Å²) in [6.45, 7) is 0. The van der Waals surface area contributed by atoms with Crippen molar-refractivity contribution in [3.05, 3.63) is 47.5 Å². The van der Waals surface area contributed by atoms with Crippen LogP contribution in [0.5, 0.6) is 23.0 Å². The topological polar surface area (TPSA) is 118 Å². The molecule has 0 amide bonds. The number of ether oxygens (including phenoxy) is 4. The third-order valence-electron chi connectivity index (χ3n) is 6.99. The molecular formula is C27H38BrNO8. The molecular weight excluding hydrogens is 546 g/mol. The molecule has 10 heteroatoms. The largest absolute Gasteiger partial charge is 0.493 e. The number of hydrogen-bond donors (Lipinski definition) is 3. The third-order valence-corrected chi connectivity index (χ3v) is 6.99. The van der Waals surface area contributed by atoms with E-state index in [0.717, 1.165) is 12.8 Å². The van der Waals surface area contributed by atoms with E-state index in [2.05, 4.69) is 27.9 Å². The maximum atomic E-state index is 11.9. The van der Waals surface area contributed by atoms with E-state index >= 15 is 0 Å². The van der Waals surface area contributed by atoms with Crippen molar-refractivity contribution < 1.29 is 39.1 Å². The number of carboxylic acid groups (broad SMARTS) is 1. The molecule has 2 aromatic rings. The normalized spacial score (nSPS) is 20.5. The van der Waals surface area contributed by atoms with Crippen molar-refractivity contribution in [2.45, 2.75) is 49.5 Å². The third kappa shape index (κ3) is 6.67. The Hall–Kier alpha value is -2.53. The fraction of sp³-hybridized carbons (Fsp3) is 0.519. The highest BCUT2D eigenvalue weighted by atomic mass is 79.9. The Balaban J connectivity index is 0.000000330. The summed E-state index contributed by atoms with van der Waals surface area (Å²) in [6.07, 6.45) is 4.62. The molecule has 0 radical (unpaired) electrons. The second-order valence-electron chi connectivity index (χ2n) is 8.83. The number of aliphatic carboxylic acids is 1. The molecule has 0 aliphatic carbocycles. The molecule has 9 nitrogen and oxygen atoms in total. The summed E-state index contributed by atoms with van der Waals surface area (Å²) in [5.41, 5.74) is -2.08. The number of halogens is 1. The number of aliphatic hydroxyl groups is 2. The Bertz CT molecular complexity index is 964. The van der Waals surface area contributed by atoms with Crippen LogP contribution < -0.4 is 18.9 Å². The van der Waals surface area contributed by atoms with Crippen molar-refractivity contribution in [3.8, 4) is 23.0 Å². The quantitative estimate of drug-likeness (QED) is 0.419. The van der Waals surface area contributed by atoms with Gasteiger partial charge in [-0.15, -0.1) is 0 Å². The lowest BCUT2D eigenvalue weighted by Crippen LogP contribution is -2.41. The molecule has 4 rings (SSSR count). The number of carboxylic acids is 1. The minimum Gasteiger partial charge on any atom is -0.493 e. The van der Waals surface area contributed by atoms with Crippen LogP contribution in [0.1, 0.15) is 36.8 Å². The minimum atomic E-state index is -2.31. The number of rotatable bonds is 7. The van der Waals surface area contributed by atoms with Crippen LogP contribution in [0.25, 0.3) is 0 Å². The maximum absolute atomic E-state index is 11.9. The second-order valence-corrected chi connectivity index (χ2v) is 8.83. The number of piperidine rings is 1. The molecule has 2 saturated heterocycles. The Morgan fingerprint density at radius 3 is 1.54 bits per heavy atom. The summed E-state index contributed by atoms with van der Waals surface area (Å²) >= 11 is 2.94. The lowest BCUT2D eigenvalue weighted by atomic mass is 9.86. The molecule has 2 aliphatic rings. The van der Waals surface area contributed by atoms with Gasteiger partial charge in [0.05, 0.1) is 34.5 Å². The highest BCUT2D eigenvalue weighted by Crippen LogP contribution is 2.39. The molecule has 0 saturated carbocycles. The van der Waals surface area contributed by atoms with Crippen LogP contribution in [0.3, 0.4) is 0 Å². The van der Waals surface area contributed by atoms with E-state index < -0.39 is 11.6 Å². The Kier molecular flexibility index (Phi) is 11.5. The van der Waals surface area contributed by atoms with Gasteiger partial charge < -0.3 is 39.2 Å². The van der Waals surface area contributed by atoms with Gasteiger partial charge in [-0.1, -0.05) is 28.1 Å². The highest BCUT2D eigenvalue weighted by Gasteiger charge is 2.41. The first-order valence-electron chi connectivity index (χ1n) is 11.9. The van der Waals surface area contributed by atoms with Crippen LogP contribution in [0.15, 0.2) is 36.4 Å². The number of nitrogens with zero attached hydrogens (tertiary/aromatic N) is 1. The van der Waals surface area contributed by atoms with Crippen molar-refractivity contribution in [1.82, 2.24) is 4.90 Å². The van der Waals surface area contributed by atoms with E-state index in [9.17, 15) is 20.1 Å². The summed E-state index contributed by atoms with van der Waals surface area (Å²) in [5, 5.41) is 30.1. The summed E-state index contributed by atoms with van der Waals surface area (Å²) in [6, 6.07) is 10.2. The molecule has 0 spiro atoms. The lowest BCUT2D eigenvalue weighted by molar-refractivity contribution is -0.155. The zero-order valence-corrected chi connectivity index (χ0v) is 23.8. The van der Waals surface area contributed by atoms with Gasteiger partial charge in [0, 0.05) is 23.2 Å². The monoisotopic (exact) mass is 583 g/mol. The first-order chi connectivity index (χ1) is 17.7. The molecule has 3 N–H and O–H groups in total. The summed E-state index contributed by atoms with van der Waals surface area (Å²) in [7, 11) is 7.98. The molecule has 2 heterocycles. The fourth-order valence-electron chi connectivity index (χ4n) is 4.92. The Morgan fingerprint density at radius 2 is 1.22 bits per heavy atom. The van der Waals surface area contributed by atoms with Crippen LogP contribution in [-0.2, 0) is 10.4 Å². The van der Waals surface area contributed by atoms with Gasteiger partial charge in [-0.3, -0.25) is 0 Å². The van der Waals surface area contributed by atoms with Gasteiger partial charge in [0.15, 0.2) is 23.0 Å².